The van der Waals surface area contributed by atoms with Gasteiger partial charge in [0.1, 0.15) is 0 Å². The van der Waals surface area contributed by atoms with E-state index in [2.05, 4.69) is 30.1 Å². The van der Waals surface area contributed by atoms with Crippen molar-refractivity contribution in [3.63, 3.8) is 0 Å². The number of nitrogens with one attached hydrogen (secondary N) is 1. The van der Waals surface area contributed by atoms with Gasteiger partial charge in [-0.25, -0.2) is 0 Å². The maximum Gasteiger partial charge on any atom is 0.241 e. The van der Waals surface area contributed by atoms with Gasteiger partial charge in [0.05, 0.1) is 6.54 Å². The lowest BCUT2D eigenvalue weighted by molar-refractivity contribution is -0.120. The van der Waals surface area contributed by atoms with Gasteiger partial charge >= 0.3 is 0 Å². The third-order valence-electron chi connectivity index (χ3n) is 4.15. The summed E-state index contributed by atoms with van der Waals surface area (Å²) in [6.07, 6.45) is 1.08. The largest absolute Gasteiger partial charge is 0.314 e. The molecular formula is C17H27N3O. The Kier molecular flexibility index (Phi) is 5.76. The highest BCUT2D eigenvalue weighted by Gasteiger charge is 2.27. The molecule has 0 aliphatic carbocycles. The number of carbonyl (C=O) groups excluding carboxylic acids is 1. The van der Waals surface area contributed by atoms with Crippen LogP contribution in [0.25, 0.3) is 0 Å². The lowest BCUT2D eigenvalue weighted by atomic mass is 10.1. The average Bonchev–Trinajstić information content (AvgIpc) is 2.40. The molecule has 0 spiro atoms. The summed E-state index contributed by atoms with van der Waals surface area (Å²) in [7, 11) is 0. The molecule has 0 unspecified atom stereocenters. The van der Waals surface area contributed by atoms with Crippen molar-refractivity contribution in [2.45, 2.75) is 33.2 Å². The smallest absolute Gasteiger partial charge is 0.241 e. The summed E-state index contributed by atoms with van der Waals surface area (Å²) in [5, 5.41) is 3.29. The second kappa shape index (κ2) is 7.57. The minimum Gasteiger partial charge on any atom is -0.314 e. The van der Waals surface area contributed by atoms with E-state index in [0.29, 0.717) is 19.1 Å². The van der Waals surface area contributed by atoms with Crippen molar-refractivity contribution < 1.29 is 4.79 Å². The van der Waals surface area contributed by atoms with Crippen LogP contribution in [0.1, 0.15) is 25.8 Å². The molecule has 1 aliphatic heterocycles. The first-order chi connectivity index (χ1) is 10.2. The van der Waals surface area contributed by atoms with Crippen LogP contribution < -0.4 is 10.2 Å². The zero-order valence-electron chi connectivity index (χ0n) is 13.4. The normalized spacial score (nSPS) is 15.0. The van der Waals surface area contributed by atoms with Gasteiger partial charge in [0, 0.05) is 31.4 Å². The van der Waals surface area contributed by atoms with Gasteiger partial charge in [0.15, 0.2) is 0 Å². The van der Waals surface area contributed by atoms with E-state index >= 15 is 0 Å². The minimum atomic E-state index is 0.201. The summed E-state index contributed by atoms with van der Waals surface area (Å²) in [6.45, 7) is 10.5. The Bertz CT molecular complexity index is 471. The van der Waals surface area contributed by atoms with Crippen molar-refractivity contribution in [1.82, 2.24) is 10.2 Å². The predicted octanol–water partition coefficient (Wildman–Crippen LogP) is 2.03. The van der Waals surface area contributed by atoms with Gasteiger partial charge < -0.3 is 10.2 Å². The minimum absolute atomic E-state index is 0.201. The maximum absolute atomic E-state index is 12.7. The molecule has 0 bridgehead atoms. The summed E-state index contributed by atoms with van der Waals surface area (Å²) in [5.41, 5.74) is 2.19. The lowest BCUT2D eigenvalue weighted by Gasteiger charge is -2.38. The van der Waals surface area contributed by atoms with Crippen LogP contribution in [0.2, 0.25) is 0 Å². The fourth-order valence-electron chi connectivity index (χ4n) is 2.82. The van der Waals surface area contributed by atoms with Crippen molar-refractivity contribution in [2.24, 2.45) is 0 Å². The quantitative estimate of drug-likeness (QED) is 0.834. The highest BCUT2D eigenvalue weighted by molar-refractivity contribution is 5.95. The van der Waals surface area contributed by atoms with Crippen LogP contribution >= 0.6 is 0 Å². The molecule has 1 saturated heterocycles. The van der Waals surface area contributed by atoms with E-state index in [0.717, 1.165) is 37.3 Å². The molecular weight excluding hydrogens is 262 g/mol. The molecule has 2 rings (SSSR count). The SMILES string of the molecule is CCCN(CC(=O)N(CC)c1ccccc1C)C1CNC1. The van der Waals surface area contributed by atoms with Crippen molar-refractivity contribution in [3.8, 4) is 0 Å². The second-order valence-electron chi connectivity index (χ2n) is 5.71. The van der Waals surface area contributed by atoms with Gasteiger partial charge in [-0.2, -0.15) is 0 Å². The number of nitrogens with zero attached hydrogens (tertiary/aromatic N) is 2. The summed E-state index contributed by atoms with van der Waals surface area (Å²) < 4.78 is 0. The molecule has 0 radical (unpaired) electrons. The van der Waals surface area contributed by atoms with Crippen molar-refractivity contribution in [1.29, 1.82) is 0 Å². The number of carbonyl (C=O) groups is 1. The molecule has 0 aromatic heterocycles. The van der Waals surface area contributed by atoms with Crippen molar-refractivity contribution >= 4 is 11.6 Å². The second-order valence-corrected chi connectivity index (χ2v) is 5.71. The van der Waals surface area contributed by atoms with Crippen molar-refractivity contribution in [2.75, 3.05) is 37.6 Å². The van der Waals surface area contributed by atoms with Gasteiger partial charge in [0.25, 0.3) is 0 Å². The van der Waals surface area contributed by atoms with E-state index in [1.54, 1.807) is 0 Å². The van der Waals surface area contributed by atoms with Gasteiger partial charge in [0.2, 0.25) is 5.91 Å². The first-order valence-corrected chi connectivity index (χ1v) is 7.98. The van der Waals surface area contributed by atoms with Crippen LogP contribution in [0, 0.1) is 6.92 Å². The van der Waals surface area contributed by atoms with Crippen LogP contribution in [0.15, 0.2) is 24.3 Å². The first kappa shape index (κ1) is 16.0. The van der Waals surface area contributed by atoms with E-state index < -0.39 is 0 Å². The molecule has 4 nitrogen and oxygen atoms in total. The predicted molar refractivity (Wildman–Crippen MR) is 87.7 cm³/mol. The summed E-state index contributed by atoms with van der Waals surface area (Å²) in [6, 6.07) is 8.62. The number of rotatable bonds is 7. The topological polar surface area (TPSA) is 35.6 Å². The number of para-hydroxylation sites is 1. The molecule has 1 aromatic carbocycles. The molecule has 0 saturated carbocycles. The number of amides is 1. The summed E-state index contributed by atoms with van der Waals surface area (Å²) in [4.78, 5) is 16.9. The average molecular weight is 289 g/mol. The van der Waals surface area contributed by atoms with E-state index in [9.17, 15) is 4.79 Å². The molecule has 1 heterocycles. The van der Waals surface area contributed by atoms with E-state index in [1.807, 2.05) is 30.0 Å². The number of likely N-dealkylation sites (N-methyl/N-ethyl adjacent to an activating group) is 1. The van der Waals surface area contributed by atoms with E-state index in [4.69, 9.17) is 0 Å². The Balaban J connectivity index is 2.07. The van der Waals surface area contributed by atoms with Crippen LogP contribution in [0.5, 0.6) is 0 Å². The molecule has 1 N–H and O–H groups in total. The summed E-state index contributed by atoms with van der Waals surface area (Å²) in [5.74, 6) is 0.201. The fraction of sp³-hybridized carbons (Fsp3) is 0.588. The molecule has 0 atom stereocenters. The molecule has 1 aliphatic rings. The molecule has 1 aromatic rings. The maximum atomic E-state index is 12.7. The van der Waals surface area contributed by atoms with Gasteiger partial charge in [-0.05, 0) is 38.4 Å². The number of anilines is 1. The van der Waals surface area contributed by atoms with Gasteiger partial charge in [-0.3, -0.25) is 9.69 Å². The molecule has 116 valence electrons. The Morgan fingerprint density at radius 2 is 2.00 bits per heavy atom. The molecule has 21 heavy (non-hydrogen) atoms. The van der Waals surface area contributed by atoms with Gasteiger partial charge in [-0.1, -0.05) is 25.1 Å². The van der Waals surface area contributed by atoms with Crippen LogP contribution in [-0.2, 0) is 4.79 Å². The summed E-state index contributed by atoms with van der Waals surface area (Å²) >= 11 is 0. The Morgan fingerprint density at radius 3 is 2.52 bits per heavy atom. The first-order valence-electron chi connectivity index (χ1n) is 7.98. The number of hydrogen-bond acceptors (Lipinski definition) is 3. The number of hydrogen-bond donors (Lipinski definition) is 1. The highest BCUT2D eigenvalue weighted by Crippen LogP contribution is 2.20. The third-order valence-corrected chi connectivity index (χ3v) is 4.15. The van der Waals surface area contributed by atoms with Crippen LogP contribution in [0.3, 0.4) is 0 Å². The zero-order chi connectivity index (χ0) is 15.2. The molecule has 1 amide bonds. The molecule has 4 heteroatoms. The van der Waals surface area contributed by atoms with E-state index in [-0.39, 0.29) is 5.91 Å². The Labute approximate surface area is 128 Å². The van der Waals surface area contributed by atoms with Crippen LogP contribution in [-0.4, -0.2) is 49.6 Å². The standard InChI is InChI=1S/C17H27N3O/c1-4-10-19(15-11-18-12-15)13-17(21)20(5-2)16-9-7-6-8-14(16)3/h6-9,15,18H,4-5,10-13H2,1-3H3. The Hall–Kier alpha value is -1.39. The lowest BCUT2D eigenvalue weighted by Crippen LogP contribution is -2.59. The van der Waals surface area contributed by atoms with Crippen LogP contribution in [0.4, 0.5) is 5.69 Å². The highest BCUT2D eigenvalue weighted by atomic mass is 16.2. The van der Waals surface area contributed by atoms with E-state index in [1.165, 1.54) is 0 Å². The molecule has 1 fully saturated rings. The zero-order valence-corrected chi connectivity index (χ0v) is 13.4. The monoisotopic (exact) mass is 289 g/mol. The number of benzene rings is 1. The third kappa shape index (κ3) is 3.83. The van der Waals surface area contributed by atoms with Crippen molar-refractivity contribution in [3.05, 3.63) is 29.8 Å². The fourth-order valence-corrected chi connectivity index (χ4v) is 2.82. The number of aryl methyl sites for hydroxylation is 1. The van der Waals surface area contributed by atoms with Gasteiger partial charge in [-0.15, -0.1) is 0 Å². The Morgan fingerprint density at radius 1 is 1.29 bits per heavy atom.